The third kappa shape index (κ3) is 5.24. The Labute approximate surface area is 176 Å². The molecule has 2 N–H and O–H groups in total. The van der Waals surface area contributed by atoms with Crippen molar-refractivity contribution in [3.05, 3.63) is 54.1 Å². The van der Waals surface area contributed by atoms with E-state index in [-0.39, 0.29) is 41.7 Å². The van der Waals surface area contributed by atoms with Gasteiger partial charge in [0.25, 0.3) is 5.91 Å². The first-order chi connectivity index (χ1) is 14.1. The predicted molar refractivity (Wildman–Crippen MR) is 114 cm³/mol. The van der Waals surface area contributed by atoms with Crippen LogP contribution in [-0.4, -0.2) is 49.8 Å². The summed E-state index contributed by atoms with van der Waals surface area (Å²) in [7, 11) is -3.74. The SMILES string of the molecule is CC(=O)Nc1ccc(NC(=O)c2cccc(S(=O)(=O)N3C[C@@H](C)O[C@@H](C)C3)c2)cc1. The summed E-state index contributed by atoms with van der Waals surface area (Å²) < 4.78 is 33.1. The minimum Gasteiger partial charge on any atom is -0.373 e. The standard InChI is InChI=1S/C21H25N3O5S/c1-14-12-24(13-15(2)29-14)30(27,28)20-6-4-5-17(11-20)21(26)23-19-9-7-18(8-10-19)22-16(3)25/h4-11,14-15H,12-13H2,1-3H3,(H,22,25)(H,23,26)/t14-,15+. The van der Waals surface area contributed by atoms with Gasteiger partial charge in [0.2, 0.25) is 15.9 Å². The Morgan fingerprint density at radius 2 is 1.53 bits per heavy atom. The Bertz CT molecular complexity index is 1030. The predicted octanol–water partition coefficient (Wildman–Crippen LogP) is 2.70. The van der Waals surface area contributed by atoms with E-state index in [2.05, 4.69) is 10.6 Å². The molecular formula is C21H25N3O5S. The maximum absolute atomic E-state index is 13.0. The number of hydrogen-bond acceptors (Lipinski definition) is 5. The molecule has 0 aromatic heterocycles. The van der Waals surface area contributed by atoms with Gasteiger partial charge in [0, 0.05) is 37.0 Å². The Morgan fingerprint density at radius 3 is 2.10 bits per heavy atom. The highest BCUT2D eigenvalue weighted by atomic mass is 32.2. The van der Waals surface area contributed by atoms with Crippen LogP contribution >= 0.6 is 0 Å². The topological polar surface area (TPSA) is 105 Å². The molecular weight excluding hydrogens is 406 g/mol. The lowest BCUT2D eigenvalue weighted by molar-refractivity contribution is -0.114. The van der Waals surface area contributed by atoms with Crippen LogP contribution in [0.1, 0.15) is 31.1 Å². The maximum atomic E-state index is 13.0. The fourth-order valence-electron chi connectivity index (χ4n) is 3.32. The van der Waals surface area contributed by atoms with Crippen molar-refractivity contribution >= 4 is 33.2 Å². The average molecular weight is 432 g/mol. The van der Waals surface area contributed by atoms with Crippen LogP contribution in [0.4, 0.5) is 11.4 Å². The average Bonchev–Trinajstić information content (AvgIpc) is 2.68. The number of nitrogens with one attached hydrogen (secondary N) is 2. The second-order valence-corrected chi connectivity index (χ2v) is 9.26. The largest absolute Gasteiger partial charge is 0.373 e. The van der Waals surface area contributed by atoms with E-state index in [1.807, 2.05) is 13.8 Å². The fourth-order valence-corrected chi connectivity index (χ4v) is 4.95. The van der Waals surface area contributed by atoms with Gasteiger partial charge in [0.15, 0.2) is 0 Å². The second-order valence-electron chi connectivity index (χ2n) is 7.32. The molecule has 30 heavy (non-hydrogen) atoms. The zero-order valence-corrected chi connectivity index (χ0v) is 17.9. The summed E-state index contributed by atoms with van der Waals surface area (Å²) in [6.07, 6.45) is -0.397. The van der Waals surface area contributed by atoms with E-state index in [9.17, 15) is 18.0 Å². The van der Waals surface area contributed by atoms with Crippen molar-refractivity contribution in [2.24, 2.45) is 0 Å². The molecule has 2 amide bonds. The third-order valence-corrected chi connectivity index (χ3v) is 6.41. The van der Waals surface area contributed by atoms with E-state index in [1.165, 1.54) is 23.4 Å². The van der Waals surface area contributed by atoms with Crippen molar-refractivity contribution in [3.63, 3.8) is 0 Å². The molecule has 9 heteroatoms. The summed E-state index contributed by atoms with van der Waals surface area (Å²) in [4.78, 5) is 23.8. The Balaban J connectivity index is 1.76. The van der Waals surface area contributed by atoms with E-state index in [0.717, 1.165) is 0 Å². The van der Waals surface area contributed by atoms with Crippen molar-refractivity contribution in [1.82, 2.24) is 4.31 Å². The maximum Gasteiger partial charge on any atom is 0.255 e. The van der Waals surface area contributed by atoms with Crippen molar-refractivity contribution in [2.45, 2.75) is 37.9 Å². The van der Waals surface area contributed by atoms with E-state index >= 15 is 0 Å². The van der Waals surface area contributed by atoms with Gasteiger partial charge < -0.3 is 15.4 Å². The molecule has 160 valence electrons. The summed E-state index contributed by atoms with van der Waals surface area (Å²) in [6, 6.07) is 12.6. The van der Waals surface area contributed by atoms with Crippen LogP contribution in [0.3, 0.4) is 0 Å². The van der Waals surface area contributed by atoms with Crippen LogP contribution in [0.5, 0.6) is 0 Å². The van der Waals surface area contributed by atoms with Gasteiger partial charge in [-0.05, 0) is 56.3 Å². The number of benzene rings is 2. The molecule has 0 bridgehead atoms. The molecule has 1 fully saturated rings. The first-order valence-corrected chi connectivity index (χ1v) is 11.0. The Kier molecular flexibility index (Phi) is 6.55. The molecule has 0 saturated carbocycles. The highest BCUT2D eigenvalue weighted by molar-refractivity contribution is 7.89. The van der Waals surface area contributed by atoms with Crippen molar-refractivity contribution in [1.29, 1.82) is 0 Å². The van der Waals surface area contributed by atoms with Gasteiger partial charge in [-0.25, -0.2) is 8.42 Å². The first-order valence-electron chi connectivity index (χ1n) is 9.60. The zero-order chi connectivity index (χ0) is 21.9. The summed E-state index contributed by atoms with van der Waals surface area (Å²) in [6.45, 7) is 5.61. The molecule has 1 aliphatic heterocycles. The van der Waals surface area contributed by atoms with Crippen LogP contribution in [0, 0.1) is 0 Å². The molecule has 1 saturated heterocycles. The lowest BCUT2D eigenvalue weighted by Gasteiger charge is -2.34. The third-order valence-electron chi connectivity index (χ3n) is 4.58. The first kappa shape index (κ1) is 21.9. The molecule has 3 rings (SSSR count). The normalized spacial score (nSPS) is 19.8. The zero-order valence-electron chi connectivity index (χ0n) is 17.1. The smallest absolute Gasteiger partial charge is 0.255 e. The van der Waals surface area contributed by atoms with Crippen LogP contribution in [0.15, 0.2) is 53.4 Å². The number of rotatable bonds is 5. The molecule has 2 atom stereocenters. The van der Waals surface area contributed by atoms with Crippen LogP contribution in [-0.2, 0) is 19.6 Å². The molecule has 1 aliphatic rings. The van der Waals surface area contributed by atoms with Crippen LogP contribution in [0.2, 0.25) is 0 Å². The van der Waals surface area contributed by atoms with Crippen molar-refractivity contribution in [3.8, 4) is 0 Å². The van der Waals surface area contributed by atoms with Gasteiger partial charge in [0.05, 0.1) is 17.1 Å². The Hall–Kier alpha value is -2.75. The number of sulfonamides is 1. The molecule has 0 spiro atoms. The van der Waals surface area contributed by atoms with E-state index in [4.69, 9.17) is 4.74 Å². The summed E-state index contributed by atoms with van der Waals surface area (Å²) in [5, 5.41) is 5.38. The summed E-state index contributed by atoms with van der Waals surface area (Å²) in [5.41, 5.74) is 1.37. The van der Waals surface area contributed by atoms with Crippen molar-refractivity contribution < 1.29 is 22.7 Å². The minimum atomic E-state index is -3.74. The quantitative estimate of drug-likeness (QED) is 0.757. The van der Waals surface area contributed by atoms with Gasteiger partial charge in [-0.1, -0.05) is 6.07 Å². The molecule has 2 aromatic rings. The number of carbonyl (C=O) groups excluding carboxylic acids is 2. The van der Waals surface area contributed by atoms with Gasteiger partial charge in [-0.2, -0.15) is 4.31 Å². The number of carbonyl (C=O) groups is 2. The highest BCUT2D eigenvalue weighted by Crippen LogP contribution is 2.22. The molecule has 1 heterocycles. The highest BCUT2D eigenvalue weighted by Gasteiger charge is 2.32. The lowest BCUT2D eigenvalue weighted by Crippen LogP contribution is -2.48. The molecule has 8 nitrogen and oxygen atoms in total. The van der Waals surface area contributed by atoms with E-state index < -0.39 is 15.9 Å². The monoisotopic (exact) mass is 431 g/mol. The number of hydrogen-bond donors (Lipinski definition) is 2. The number of amides is 2. The van der Waals surface area contributed by atoms with Gasteiger partial charge >= 0.3 is 0 Å². The molecule has 0 radical (unpaired) electrons. The van der Waals surface area contributed by atoms with Gasteiger partial charge in [-0.3, -0.25) is 9.59 Å². The second kappa shape index (κ2) is 8.95. The molecule has 0 aliphatic carbocycles. The van der Waals surface area contributed by atoms with E-state index in [0.29, 0.717) is 11.4 Å². The molecule has 0 unspecified atom stereocenters. The Morgan fingerprint density at radius 1 is 0.967 bits per heavy atom. The number of morpholine rings is 1. The van der Waals surface area contributed by atoms with E-state index in [1.54, 1.807) is 36.4 Å². The van der Waals surface area contributed by atoms with Gasteiger partial charge in [-0.15, -0.1) is 0 Å². The summed E-state index contributed by atoms with van der Waals surface area (Å²) >= 11 is 0. The summed E-state index contributed by atoms with van der Waals surface area (Å²) in [5.74, 6) is -0.614. The number of ether oxygens (including phenoxy) is 1. The van der Waals surface area contributed by atoms with Gasteiger partial charge in [0.1, 0.15) is 0 Å². The fraction of sp³-hybridized carbons (Fsp3) is 0.333. The molecule has 2 aromatic carbocycles. The lowest BCUT2D eigenvalue weighted by atomic mass is 10.2. The number of nitrogens with zero attached hydrogens (tertiary/aromatic N) is 1. The van der Waals surface area contributed by atoms with Crippen LogP contribution in [0.25, 0.3) is 0 Å². The van der Waals surface area contributed by atoms with Crippen molar-refractivity contribution in [2.75, 3.05) is 23.7 Å². The minimum absolute atomic E-state index is 0.0671. The van der Waals surface area contributed by atoms with Crippen LogP contribution < -0.4 is 10.6 Å². The number of anilines is 2.